The van der Waals surface area contributed by atoms with E-state index in [9.17, 15) is 39.9 Å². The van der Waals surface area contributed by atoms with Crippen molar-refractivity contribution < 1.29 is 53.2 Å². The topological polar surface area (TPSA) is 294 Å². The van der Waals surface area contributed by atoms with Crippen molar-refractivity contribution in [3.8, 4) is 5.75 Å². The highest BCUT2D eigenvalue weighted by atomic mass is 35.5. The molecule has 0 bridgehead atoms. The highest BCUT2D eigenvalue weighted by Gasteiger charge is 2.35. The van der Waals surface area contributed by atoms with Gasteiger partial charge < -0.3 is 43.8 Å². The minimum Gasteiger partial charge on any atom is -0.479 e. The molecule has 26 nitrogen and oxygen atoms in total. The summed E-state index contributed by atoms with van der Waals surface area (Å²) in [7, 11) is -9.06. The number of thiazole rings is 1. The van der Waals surface area contributed by atoms with Crippen molar-refractivity contribution in [2.45, 2.75) is 53.1 Å². The molecule has 6 aromatic carbocycles. The van der Waals surface area contributed by atoms with E-state index < -0.39 is 42.2 Å². The average Bonchev–Trinajstić information content (AvgIpc) is 1.77. The van der Waals surface area contributed by atoms with Gasteiger partial charge in [0.25, 0.3) is 36.0 Å². The monoisotopic (exact) mass is 1570 g/mol. The Morgan fingerprint density at radius 1 is 0.629 bits per heavy atom. The zero-order chi connectivity index (χ0) is 73.8. The summed E-state index contributed by atoms with van der Waals surface area (Å²) >= 11 is 19.5. The van der Waals surface area contributed by atoms with Gasteiger partial charge in [0.05, 0.1) is 38.9 Å². The summed E-state index contributed by atoms with van der Waals surface area (Å²) in [6.07, 6.45) is 8.23. The van der Waals surface area contributed by atoms with Crippen LogP contribution in [-0.2, 0) is 59.7 Å². The number of sulfonamides is 3. The number of nitrogens with zero attached hydrogens (tertiary/aromatic N) is 13. The van der Waals surface area contributed by atoms with E-state index in [-0.39, 0.29) is 58.3 Å². The van der Waals surface area contributed by atoms with Crippen molar-refractivity contribution in [3.63, 3.8) is 0 Å². The number of amides is 2. The number of aliphatic hydroxyl groups is 1. The van der Waals surface area contributed by atoms with E-state index in [1.165, 1.54) is 89.0 Å². The lowest BCUT2D eigenvalue weighted by Crippen LogP contribution is -2.59. The van der Waals surface area contributed by atoms with Gasteiger partial charge in [-0.1, -0.05) is 59.1 Å². The summed E-state index contributed by atoms with van der Waals surface area (Å²) < 4.78 is 91.0. The molecule has 2 atom stereocenters. The highest BCUT2D eigenvalue weighted by Crippen LogP contribution is 2.34. The van der Waals surface area contributed by atoms with Gasteiger partial charge in [0, 0.05) is 164 Å². The fourth-order valence-electron chi connectivity index (χ4n) is 12.8. The molecule has 0 saturated carbocycles. The summed E-state index contributed by atoms with van der Waals surface area (Å²) in [5.74, 6) is 0.612. The maximum absolute atomic E-state index is 13.1. The normalized spacial score (nSPS) is 16.1. The molecule has 3 fully saturated rings. The van der Waals surface area contributed by atoms with Gasteiger partial charge in [-0.05, 0) is 158 Å². The van der Waals surface area contributed by atoms with Crippen LogP contribution in [0.4, 0.5) is 39.5 Å². The molecule has 0 spiro atoms. The lowest BCUT2D eigenvalue weighted by atomic mass is 10.0. The number of fused-ring (bicyclic) bond motifs is 2. The number of carbonyl (C=O) groups is 2. The number of aryl methyl sites for hydroxylation is 2. The number of halogens is 3. The zero-order valence-electron chi connectivity index (χ0n) is 57.3. The standard InChI is InChI=1S/C25H27ClN6O3S.C24H26N6O2S.C23H24Cl2N4O5S2.6H2/c26-20-3-8-23-19(16-20)2-1-11-32(23)17-25(33)31-14-12-30(13-15-31)21-4-6-22(7-5-21)36(34,35)29-24-9-10-27-18-28-24;1-28-21(16-19-4-2-3-5-23(19)28)17-29-12-14-30(15-13-29)20-6-8-22(9-7-20)33(31,32)27-24-10-11-25-18-26-24;1-15(34-20-4-2-3-19(24)21(20)25)22(31)29-11-10-28(13-17(29)14-30)16-5-7-18(8-6-16)36(32,33)27-23-26-9-12-35-23;;;;;;/h3-10,16,18H,1-2,11-15,17H2,(H,27,28,29);2-11,16,18H,12-15,17H2,1H3,(H,25,26,27);2-9,12,15,17,30H,10-11,13-14H2,1H3,(H,26,27);6*1H/t;;15-,17+;;;;;;/m..0....../s1. The molecule has 0 aliphatic carbocycles. The van der Waals surface area contributed by atoms with E-state index in [4.69, 9.17) is 39.5 Å². The minimum atomic E-state index is -3.75. The van der Waals surface area contributed by atoms with E-state index in [1.54, 1.807) is 83.9 Å². The predicted octanol–water partition coefficient (Wildman–Crippen LogP) is 11.3. The third kappa shape index (κ3) is 18.8. The van der Waals surface area contributed by atoms with Gasteiger partial charge in [-0.15, -0.1) is 11.3 Å². The molecule has 14 rings (SSSR count). The summed E-state index contributed by atoms with van der Waals surface area (Å²) in [6, 6.07) is 44.3. The van der Waals surface area contributed by atoms with E-state index in [0.29, 0.717) is 68.3 Å². The van der Waals surface area contributed by atoms with Crippen molar-refractivity contribution in [3.05, 3.63) is 215 Å². The van der Waals surface area contributed by atoms with Crippen molar-refractivity contribution in [1.82, 2.24) is 44.2 Å². The molecule has 3 saturated heterocycles. The van der Waals surface area contributed by atoms with Gasteiger partial charge in [-0.3, -0.25) is 28.7 Å². The fraction of sp³-hybridized carbons (Fsp3) is 0.292. The molecule has 4 aliphatic rings. The molecular weight excluding hydrogens is 1480 g/mol. The zero-order valence-corrected chi connectivity index (χ0v) is 62.8. The first-order valence-electron chi connectivity index (χ1n) is 33.7. The highest BCUT2D eigenvalue weighted by molar-refractivity contribution is 7.93. The van der Waals surface area contributed by atoms with Crippen LogP contribution in [0.15, 0.2) is 203 Å². The largest absolute Gasteiger partial charge is 0.479 e. The third-order valence-corrected chi connectivity index (χ3v) is 24.4. The number of anilines is 7. The number of aromatic nitrogens is 6. The lowest BCUT2D eigenvalue weighted by molar-refractivity contribution is -0.141. The Labute approximate surface area is 637 Å². The molecule has 33 heteroatoms. The van der Waals surface area contributed by atoms with Crippen LogP contribution in [-0.4, -0.2) is 190 Å². The van der Waals surface area contributed by atoms with Crippen LogP contribution in [0.1, 0.15) is 33.2 Å². The summed E-state index contributed by atoms with van der Waals surface area (Å²) in [5, 5.41) is 14.5. The predicted molar refractivity (Wildman–Crippen MR) is 423 cm³/mol. The van der Waals surface area contributed by atoms with Crippen LogP contribution >= 0.6 is 46.1 Å². The molecule has 562 valence electrons. The number of ether oxygens (including phenoxy) is 1. The van der Waals surface area contributed by atoms with Crippen LogP contribution < -0.4 is 38.5 Å². The second-order valence-electron chi connectivity index (χ2n) is 25.1. The second-order valence-corrected chi connectivity index (χ2v) is 32.3. The van der Waals surface area contributed by atoms with Gasteiger partial charge in [-0.2, -0.15) is 0 Å². The van der Waals surface area contributed by atoms with Gasteiger partial charge in [0.1, 0.15) is 35.1 Å². The second kappa shape index (κ2) is 33.8. The quantitative estimate of drug-likeness (QED) is 0.0551. The van der Waals surface area contributed by atoms with Crippen molar-refractivity contribution >= 4 is 138 Å². The maximum atomic E-state index is 13.1. The number of piperazine rings is 3. The molecule has 4 N–H and O–H groups in total. The Hall–Kier alpha value is -9.37. The first kappa shape index (κ1) is 75.3. The van der Waals surface area contributed by atoms with E-state index in [1.807, 2.05) is 40.1 Å². The van der Waals surface area contributed by atoms with E-state index >= 15 is 0 Å². The summed E-state index contributed by atoms with van der Waals surface area (Å²) in [4.78, 5) is 60.6. The third-order valence-electron chi connectivity index (χ3n) is 18.4. The Balaban J connectivity index is 0.000000253. The summed E-state index contributed by atoms with van der Waals surface area (Å²) in [6.45, 7) is 11.1. The van der Waals surface area contributed by atoms with Crippen LogP contribution in [0.2, 0.25) is 15.1 Å². The van der Waals surface area contributed by atoms with Crippen LogP contribution in [0, 0.1) is 0 Å². The molecular formula is C72H89Cl3N16O10S4. The molecule has 0 radical (unpaired) electrons. The number of benzene rings is 6. The van der Waals surface area contributed by atoms with E-state index in [0.717, 1.165) is 79.9 Å². The van der Waals surface area contributed by atoms with Crippen molar-refractivity contribution in [2.24, 2.45) is 7.05 Å². The first-order valence-corrected chi connectivity index (χ1v) is 40.2. The molecule has 2 amide bonds. The smallest absolute Gasteiger partial charge is 0.263 e. The number of para-hydroxylation sites is 1. The first-order chi connectivity index (χ1) is 50.6. The molecule has 0 unspecified atom stereocenters. The number of aliphatic hydroxyl groups excluding tert-OH is 1. The Kier molecular flexibility index (Phi) is 24.3. The van der Waals surface area contributed by atoms with Gasteiger partial charge in [-0.25, -0.2) is 50.2 Å². The van der Waals surface area contributed by atoms with Crippen molar-refractivity contribution in [1.29, 1.82) is 0 Å². The lowest BCUT2D eigenvalue weighted by Gasteiger charge is -2.42. The van der Waals surface area contributed by atoms with Gasteiger partial charge in [0.2, 0.25) is 5.91 Å². The van der Waals surface area contributed by atoms with E-state index in [2.05, 4.69) is 101 Å². The summed E-state index contributed by atoms with van der Waals surface area (Å²) in [5.41, 5.74) is 7.60. The Morgan fingerprint density at radius 3 is 1.76 bits per heavy atom. The minimum absolute atomic E-state index is 0. The maximum Gasteiger partial charge on any atom is 0.263 e. The number of hydrogen-bond donors (Lipinski definition) is 4. The number of nitrogens with one attached hydrogen (secondary N) is 3. The Bertz CT molecular complexity index is 5010. The SMILES string of the molecule is C[C@H](Oc1cccc(Cl)c1Cl)C(=O)N1CCN(c2ccc(S(=O)(=O)Nc3nccs3)cc2)C[C@@H]1CO.Cn1c(CN2CCN(c3ccc(S(=O)(=O)Nc4ccncn4)cc3)CC2)cc2ccccc21.O=C(CN1CCCc2cc(Cl)ccc21)N1CCN(c2ccc(S(=O)(=O)Nc3ccncn3)cc2)CC1.[HH].[HH].[HH].[HH].[HH].[HH]. The number of rotatable bonds is 20. The number of hydrogen-bond acceptors (Lipinski definition) is 21. The fourth-order valence-corrected chi connectivity index (χ4v) is 17.1. The molecule has 4 aromatic heterocycles. The van der Waals surface area contributed by atoms with Crippen LogP contribution in [0.25, 0.3) is 10.9 Å². The molecule has 105 heavy (non-hydrogen) atoms. The average molecular weight is 1570 g/mol. The number of carbonyl (C=O) groups excluding carboxylic acids is 2. The van der Waals surface area contributed by atoms with Crippen LogP contribution in [0.5, 0.6) is 5.75 Å². The molecule has 4 aliphatic heterocycles. The van der Waals surface area contributed by atoms with Crippen molar-refractivity contribution in [2.75, 3.05) is 125 Å². The van der Waals surface area contributed by atoms with Gasteiger partial charge >= 0.3 is 0 Å². The van der Waals surface area contributed by atoms with Crippen LogP contribution in [0.3, 0.4) is 0 Å². The molecule has 8 heterocycles. The van der Waals surface area contributed by atoms with Gasteiger partial charge in [0.15, 0.2) is 11.2 Å². The molecule has 10 aromatic rings. The Morgan fingerprint density at radius 2 is 1.20 bits per heavy atom.